The normalized spacial score (nSPS) is 14.2. The van der Waals surface area contributed by atoms with E-state index in [-0.39, 0.29) is 30.2 Å². The molecule has 0 aliphatic rings. The first kappa shape index (κ1) is 19.3. The van der Waals surface area contributed by atoms with Gasteiger partial charge >= 0.3 is 6.18 Å². The third kappa shape index (κ3) is 6.50. The SMILES string of the molecule is CCCC(C)C(=O)NC(CC)COc1cccc(C(F)(F)F)c1. The summed E-state index contributed by atoms with van der Waals surface area (Å²) < 4.78 is 43.4. The third-order valence-electron chi connectivity index (χ3n) is 3.62. The van der Waals surface area contributed by atoms with E-state index < -0.39 is 11.7 Å². The number of benzene rings is 1. The van der Waals surface area contributed by atoms with E-state index in [0.29, 0.717) is 6.42 Å². The summed E-state index contributed by atoms with van der Waals surface area (Å²) in [4.78, 5) is 12.0. The quantitative estimate of drug-likeness (QED) is 0.766. The van der Waals surface area contributed by atoms with Crippen molar-refractivity contribution in [3.05, 3.63) is 29.8 Å². The Morgan fingerprint density at radius 3 is 2.57 bits per heavy atom. The Bertz CT molecular complexity index is 503. The van der Waals surface area contributed by atoms with E-state index in [4.69, 9.17) is 4.74 Å². The largest absolute Gasteiger partial charge is 0.491 e. The Kier molecular flexibility index (Phi) is 7.39. The molecule has 1 aromatic rings. The highest BCUT2D eigenvalue weighted by molar-refractivity contribution is 5.78. The number of carbonyl (C=O) groups is 1. The van der Waals surface area contributed by atoms with Crippen LogP contribution in [-0.2, 0) is 11.0 Å². The van der Waals surface area contributed by atoms with E-state index in [1.165, 1.54) is 12.1 Å². The van der Waals surface area contributed by atoms with Crippen LogP contribution in [0.15, 0.2) is 24.3 Å². The summed E-state index contributed by atoms with van der Waals surface area (Å²) in [6.45, 7) is 5.91. The van der Waals surface area contributed by atoms with Crippen molar-refractivity contribution in [1.29, 1.82) is 0 Å². The molecule has 1 N–H and O–H groups in total. The predicted molar refractivity (Wildman–Crippen MR) is 83.2 cm³/mol. The van der Waals surface area contributed by atoms with Gasteiger partial charge in [0.05, 0.1) is 11.6 Å². The van der Waals surface area contributed by atoms with Crippen molar-refractivity contribution in [3.63, 3.8) is 0 Å². The predicted octanol–water partition coefficient (Wildman–Crippen LogP) is 4.42. The van der Waals surface area contributed by atoms with Crippen LogP contribution in [0.3, 0.4) is 0 Å². The molecule has 0 heterocycles. The van der Waals surface area contributed by atoms with Crippen molar-refractivity contribution < 1.29 is 22.7 Å². The standard InChI is InChI=1S/C17H24F3NO2/c1-4-7-12(3)16(22)21-14(5-2)11-23-15-9-6-8-13(10-15)17(18,19)20/h6,8-10,12,14H,4-5,7,11H2,1-3H3,(H,21,22). The summed E-state index contributed by atoms with van der Waals surface area (Å²) in [6.07, 6.45) is -2.03. The number of hydrogen-bond donors (Lipinski definition) is 1. The van der Waals surface area contributed by atoms with Crippen LogP contribution in [0.25, 0.3) is 0 Å². The number of carbonyl (C=O) groups excluding carboxylic acids is 1. The van der Waals surface area contributed by atoms with Crippen molar-refractivity contribution in [2.75, 3.05) is 6.61 Å². The van der Waals surface area contributed by atoms with Gasteiger partial charge in [0.1, 0.15) is 12.4 Å². The molecule has 2 unspecified atom stereocenters. The fourth-order valence-electron chi connectivity index (χ4n) is 2.13. The van der Waals surface area contributed by atoms with E-state index in [1.54, 1.807) is 0 Å². The number of hydrogen-bond acceptors (Lipinski definition) is 2. The number of ether oxygens (including phenoxy) is 1. The molecule has 6 heteroatoms. The van der Waals surface area contributed by atoms with Gasteiger partial charge < -0.3 is 10.1 Å². The lowest BCUT2D eigenvalue weighted by atomic mass is 10.0. The summed E-state index contributed by atoms with van der Waals surface area (Å²) in [5, 5.41) is 2.88. The van der Waals surface area contributed by atoms with Crippen LogP contribution in [0.2, 0.25) is 0 Å². The van der Waals surface area contributed by atoms with Crippen LogP contribution in [0.4, 0.5) is 13.2 Å². The maximum Gasteiger partial charge on any atom is 0.416 e. The van der Waals surface area contributed by atoms with Crippen LogP contribution in [0, 0.1) is 5.92 Å². The van der Waals surface area contributed by atoms with Gasteiger partial charge in [-0.2, -0.15) is 13.2 Å². The number of nitrogens with one attached hydrogen (secondary N) is 1. The molecule has 0 radical (unpaired) electrons. The molecule has 0 saturated heterocycles. The summed E-state index contributed by atoms with van der Waals surface area (Å²) in [7, 11) is 0. The van der Waals surface area contributed by atoms with Gasteiger partial charge in [0.15, 0.2) is 0 Å². The van der Waals surface area contributed by atoms with Crippen molar-refractivity contribution in [2.24, 2.45) is 5.92 Å². The Morgan fingerprint density at radius 2 is 2.00 bits per heavy atom. The summed E-state index contributed by atoms with van der Waals surface area (Å²) in [6, 6.07) is 4.52. The second kappa shape index (κ2) is 8.79. The molecule has 0 aliphatic heterocycles. The molecule has 0 fully saturated rings. The van der Waals surface area contributed by atoms with Crippen LogP contribution in [0.1, 0.15) is 45.6 Å². The second-order valence-corrected chi connectivity index (χ2v) is 5.64. The van der Waals surface area contributed by atoms with Crippen LogP contribution < -0.4 is 10.1 Å². The molecule has 0 bridgehead atoms. The molecule has 0 aromatic heterocycles. The number of alkyl halides is 3. The van der Waals surface area contributed by atoms with E-state index in [0.717, 1.165) is 25.0 Å². The zero-order valence-electron chi connectivity index (χ0n) is 13.7. The van der Waals surface area contributed by atoms with Gasteiger partial charge in [-0.1, -0.05) is 33.3 Å². The summed E-state index contributed by atoms with van der Waals surface area (Å²) >= 11 is 0. The molecule has 0 aliphatic carbocycles. The van der Waals surface area contributed by atoms with Gasteiger partial charge in [0.2, 0.25) is 5.91 Å². The molecule has 1 amide bonds. The molecule has 2 atom stereocenters. The molecule has 1 aromatic carbocycles. The lowest BCUT2D eigenvalue weighted by Gasteiger charge is -2.20. The zero-order chi connectivity index (χ0) is 17.5. The molecule has 1 rings (SSSR count). The highest BCUT2D eigenvalue weighted by Gasteiger charge is 2.30. The van der Waals surface area contributed by atoms with Crippen LogP contribution in [0.5, 0.6) is 5.75 Å². The number of halogens is 3. The summed E-state index contributed by atoms with van der Waals surface area (Å²) in [5.41, 5.74) is -0.747. The minimum Gasteiger partial charge on any atom is -0.491 e. The van der Waals surface area contributed by atoms with Crippen molar-refractivity contribution >= 4 is 5.91 Å². The Balaban J connectivity index is 2.59. The van der Waals surface area contributed by atoms with Gasteiger partial charge in [-0.05, 0) is 31.0 Å². The van der Waals surface area contributed by atoms with E-state index >= 15 is 0 Å². The minimum absolute atomic E-state index is 0.0497. The average Bonchev–Trinajstić information content (AvgIpc) is 2.50. The smallest absolute Gasteiger partial charge is 0.416 e. The van der Waals surface area contributed by atoms with Crippen LogP contribution in [-0.4, -0.2) is 18.6 Å². The lowest BCUT2D eigenvalue weighted by molar-refractivity contribution is -0.137. The number of amides is 1. The Labute approximate surface area is 135 Å². The third-order valence-corrected chi connectivity index (χ3v) is 3.62. The first-order valence-electron chi connectivity index (χ1n) is 7.88. The molecule has 23 heavy (non-hydrogen) atoms. The van der Waals surface area contributed by atoms with Gasteiger partial charge in [0, 0.05) is 5.92 Å². The van der Waals surface area contributed by atoms with Crippen molar-refractivity contribution in [1.82, 2.24) is 5.32 Å². The first-order chi connectivity index (χ1) is 10.8. The zero-order valence-corrected chi connectivity index (χ0v) is 13.7. The Hall–Kier alpha value is -1.72. The summed E-state index contributed by atoms with van der Waals surface area (Å²) in [5.74, 6) is 0.0167. The van der Waals surface area contributed by atoms with Gasteiger partial charge in [-0.3, -0.25) is 4.79 Å². The maximum absolute atomic E-state index is 12.7. The molecule has 0 saturated carbocycles. The molecule has 130 valence electrons. The van der Waals surface area contributed by atoms with E-state index in [1.807, 2.05) is 20.8 Å². The minimum atomic E-state index is -4.40. The molecular formula is C17H24F3NO2. The molecule has 0 spiro atoms. The lowest BCUT2D eigenvalue weighted by Crippen LogP contribution is -2.41. The topological polar surface area (TPSA) is 38.3 Å². The highest BCUT2D eigenvalue weighted by Crippen LogP contribution is 2.31. The average molecular weight is 331 g/mol. The highest BCUT2D eigenvalue weighted by atomic mass is 19.4. The maximum atomic E-state index is 12.7. The Morgan fingerprint density at radius 1 is 1.30 bits per heavy atom. The fourth-order valence-corrected chi connectivity index (χ4v) is 2.13. The van der Waals surface area contributed by atoms with Gasteiger partial charge in [-0.15, -0.1) is 0 Å². The van der Waals surface area contributed by atoms with Crippen LogP contribution >= 0.6 is 0 Å². The second-order valence-electron chi connectivity index (χ2n) is 5.64. The van der Waals surface area contributed by atoms with E-state index in [2.05, 4.69) is 5.32 Å². The van der Waals surface area contributed by atoms with Gasteiger partial charge in [-0.25, -0.2) is 0 Å². The van der Waals surface area contributed by atoms with Crippen molar-refractivity contribution in [2.45, 2.75) is 52.3 Å². The van der Waals surface area contributed by atoms with Gasteiger partial charge in [0.25, 0.3) is 0 Å². The monoisotopic (exact) mass is 331 g/mol. The first-order valence-corrected chi connectivity index (χ1v) is 7.88. The molecule has 3 nitrogen and oxygen atoms in total. The fraction of sp³-hybridized carbons (Fsp3) is 0.588. The molecular weight excluding hydrogens is 307 g/mol. The number of rotatable bonds is 8. The van der Waals surface area contributed by atoms with E-state index in [9.17, 15) is 18.0 Å². The van der Waals surface area contributed by atoms with Crippen molar-refractivity contribution in [3.8, 4) is 5.75 Å².